The lowest BCUT2D eigenvalue weighted by atomic mass is 10.2. The Morgan fingerprint density at radius 2 is 2.20 bits per heavy atom. The molecule has 7 heteroatoms. The smallest absolute Gasteiger partial charge is 0.241 e. The molecule has 3 N–H and O–H groups in total. The molecule has 110 valence electrons. The van der Waals surface area contributed by atoms with Crippen LogP contribution < -0.4 is 10.6 Å². The number of benzene rings is 1. The Labute approximate surface area is 129 Å². The maximum Gasteiger partial charge on any atom is 0.241 e. The fraction of sp³-hybridized carbons (Fsp3) is 0.385. The standard InChI is InChI=1S/C13H16N4O.2ClH/c1-8-15-10-5-4-9(7-12(10)16-8)17-13(18)11-3-2-6-14-11;;/h4-5,7,11,14H,2-3,6H2,1H3,(H,15,16)(H,17,18);2*1H. The molecule has 0 aliphatic carbocycles. The van der Waals surface area contributed by atoms with Crippen LogP contribution in [0.15, 0.2) is 18.2 Å². The Morgan fingerprint density at radius 1 is 1.40 bits per heavy atom. The zero-order valence-electron chi connectivity index (χ0n) is 11.1. The molecule has 1 amide bonds. The summed E-state index contributed by atoms with van der Waals surface area (Å²) in [5.74, 6) is 0.925. The normalized spacial score (nSPS) is 17.4. The molecule has 1 aliphatic rings. The highest BCUT2D eigenvalue weighted by atomic mass is 35.5. The van der Waals surface area contributed by atoms with E-state index in [1.165, 1.54) is 0 Å². The zero-order chi connectivity index (χ0) is 12.5. The van der Waals surface area contributed by atoms with Gasteiger partial charge in [-0.25, -0.2) is 4.98 Å². The molecule has 5 nitrogen and oxygen atoms in total. The van der Waals surface area contributed by atoms with Gasteiger partial charge in [-0.15, -0.1) is 24.8 Å². The number of carbonyl (C=O) groups is 1. The number of rotatable bonds is 2. The highest BCUT2D eigenvalue weighted by Gasteiger charge is 2.21. The SMILES string of the molecule is Cc1nc2ccc(NC(=O)C3CCCN3)cc2[nH]1.Cl.Cl. The molecular formula is C13H18Cl2N4O. The van der Waals surface area contributed by atoms with Crippen LogP contribution in [0.2, 0.25) is 0 Å². The molecule has 1 saturated heterocycles. The molecule has 0 spiro atoms. The van der Waals surface area contributed by atoms with Crippen molar-refractivity contribution in [3.8, 4) is 0 Å². The number of halogens is 2. The number of hydrogen-bond acceptors (Lipinski definition) is 3. The van der Waals surface area contributed by atoms with Crippen LogP contribution in [-0.4, -0.2) is 28.5 Å². The van der Waals surface area contributed by atoms with Gasteiger partial charge in [0.15, 0.2) is 0 Å². The number of hydrogen-bond donors (Lipinski definition) is 3. The number of nitrogens with one attached hydrogen (secondary N) is 3. The summed E-state index contributed by atoms with van der Waals surface area (Å²) in [7, 11) is 0. The minimum atomic E-state index is -0.0517. The van der Waals surface area contributed by atoms with E-state index < -0.39 is 0 Å². The molecular weight excluding hydrogens is 299 g/mol. The molecule has 1 atom stereocenters. The number of carbonyl (C=O) groups excluding carboxylic acids is 1. The Hall–Kier alpha value is -1.30. The van der Waals surface area contributed by atoms with Crippen LogP contribution in [0.4, 0.5) is 5.69 Å². The van der Waals surface area contributed by atoms with Gasteiger partial charge in [-0.2, -0.15) is 0 Å². The zero-order valence-corrected chi connectivity index (χ0v) is 12.7. The van der Waals surface area contributed by atoms with Gasteiger partial charge in [-0.1, -0.05) is 0 Å². The summed E-state index contributed by atoms with van der Waals surface area (Å²) in [4.78, 5) is 19.5. The van der Waals surface area contributed by atoms with E-state index in [1.54, 1.807) is 0 Å². The van der Waals surface area contributed by atoms with E-state index in [9.17, 15) is 4.79 Å². The van der Waals surface area contributed by atoms with Crippen molar-refractivity contribution in [2.24, 2.45) is 0 Å². The molecule has 20 heavy (non-hydrogen) atoms. The number of aromatic nitrogens is 2. The number of nitrogens with zero attached hydrogens (tertiary/aromatic N) is 1. The average Bonchev–Trinajstić information content (AvgIpc) is 2.95. The Bertz CT molecular complexity index is 593. The van der Waals surface area contributed by atoms with Gasteiger partial charge in [0.25, 0.3) is 0 Å². The highest BCUT2D eigenvalue weighted by molar-refractivity contribution is 5.96. The third-order valence-corrected chi connectivity index (χ3v) is 3.24. The lowest BCUT2D eigenvalue weighted by Crippen LogP contribution is -2.35. The lowest BCUT2D eigenvalue weighted by Gasteiger charge is -2.10. The van der Waals surface area contributed by atoms with Crippen molar-refractivity contribution >= 4 is 47.4 Å². The number of amides is 1. The van der Waals surface area contributed by atoms with Gasteiger partial charge >= 0.3 is 0 Å². The van der Waals surface area contributed by atoms with Crippen molar-refractivity contribution in [1.29, 1.82) is 0 Å². The minimum Gasteiger partial charge on any atom is -0.342 e. The van der Waals surface area contributed by atoms with E-state index in [0.717, 1.165) is 41.9 Å². The predicted octanol–water partition coefficient (Wildman–Crippen LogP) is 2.41. The molecule has 2 heterocycles. The molecule has 1 fully saturated rings. The molecule has 3 rings (SSSR count). The summed E-state index contributed by atoms with van der Waals surface area (Å²) in [6, 6.07) is 5.66. The first-order valence-electron chi connectivity index (χ1n) is 6.23. The van der Waals surface area contributed by atoms with E-state index in [4.69, 9.17) is 0 Å². The fourth-order valence-corrected chi connectivity index (χ4v) is 2.35. The molecule has 0 saturated carbocycles. The Morgan fingerprint density at radius 3 is 2.90 bits per heavy atom. The van der Waals surface area contributed by atoms with Crippen molar-refractivity contribution in [2.75, 3.05) is 11.9 Å². The number of fused-ring (bicyclic) bond motifs is 1. The quantitative estimate of drug-likeness (QED) is 0.796. The largest absolute Gasteiger partial charge is 0.342 e. The number of H-pyrrole nitrogens is 1. The molecule has 0 bridgehead atoms. The van der Waals surface area contributed by atoms with Crippen LogP contribution in [0.3, 0.4) is 0 Å². The Balaban J connectivity index is 0.000001000. The minimum absolute atomic E-state index is 0. The van der Waals surface area contributed by atoms with Gasteiger partial charge in [0.2, 0.25) is 5.91 Å². The van der Waals surface area contributed by atoms with Crippen LogP contribution in [0.5, 0.6) is 0 Å². The molecule has 2 aromatic rings. The average molecular weight is 317 g/mol. The maximum atomic E-state index is 12.0. The first kappa shape index (κ1) is 16.8. The van der Waals surface area contributed by atoms with Crippen LogP contribution >= 0.6 is 24.8 Å². The van der Waals surface area contributed by atoms with Gasteiger partial charge in [0, 0.05) is 5.69 Å². The van der Waals surface area contributed by atoms with Crippen LogP contribution in [0.1, 0.15) is 18.7 Å². The molecule has 1 aromatic heterocycles. The first-order chi connectivity index (χ1) is 8.72. The van der Waals surface area contributed by atoms with E-state index in [0.29, 0.717) is 0 Å². The third-order valence-electron chi connectivity index (χ3n) is 3.24. The van der Waals surface area contributed by atoms with Crippen LogP contribution in [-0.2, 0) is 4.79 Å². The van der Waals surface area contributed by atoms with Crippen molar-refractivity contribution in [1.82, 2.24) is 15.3 Å². The highest BCUT2D eigenvalue weighted by Crippen LogP contribution is 2.18. The summed E-state index contributed by atoms with van der Waals surface area (Å²) in [6.07, 6.45) is 1.98. The second-order valence-corrected chi connectivity index (χ2v) is 4.69. The Kier molecular flexibility index (Phi) is 5.80. The van der Waals surface area contributed by atoms with Gasteiger partial charge < -0.3 is 15.6 Å². The molecule has 1 unspecified atom stereocenters. The third kappa shape index (κ3) is 3.42. The van der Waals surface area contributed by atoms with Crippen LogP contribution in [0.25, 0.3) is 11.0 Å². The lowest BCUT2D eigenvalue weighted by molar-refractivity contribution is -0.117. The monoisotopic (exact) mass is 316 g/mol. The van der Waals surface area contributed by atoms with Gasteiger partial charge in [-0.3, -0.25) is 4.79 Å². The molecule has 1 aliphatic heterocycles. The summed E-state index contributed by atoms with van der Waals surface area (Å²) in [5.41, 5.74) is 2.68. The first-order valence-corrected chi connectivity index (χ1v) is 6.23. The summed E-state index contributed by atoms with van der Waals surface area (Å²) >= 11 is 0. The van der Waals surface area contributed by atoms with E-state index in [-0.39, 0.29) is 36.8 Å². The van der Waals surface area contributed by atoms with Gasteiger partial charge in [0.05, 0.1) is 17.1 Å². The van der Waals surface area contributed by atoms with E-state index >= 15 is 0 Å². The van der Waals surface area contributed by atoms with Crippen molar-refractivity contribution in [2.45, 2.75) is 25.8 Å². The molecule has 0 radical (unpaired) electrons. The second kappa shape index (κ2) is 6.92. The number of anilines is 1. The summed E-state index contributed by atoms with van der Waals surface area (Å²) in [5, 5.41) is 6.12. The second-order valence-electron chi connectivity index (χ2n) is 4.69. The van der Waals surface area contributed by atoms with Crippen molar-refractivity contribution in [3.05, 3.63) is 24.0 Å². The van der Waals surface area contributed by atoms with Crippen molar-refractivity contribution < 1.29 is 4.79 Å². The topological polar surface area (TPSA) is 69.8 Å². The fourth-order valence-electron chi connectivity index (χ4n) is 2.35. The van der Waals surface area contributed by atoms with E-state index in [2.05, 4.69) is 20.6 Å². The summed E-state index contributed by atoms with van der Waals surface area (Å²) < 4.78 is 0. The van der Waals surface area contributed by atoms with Crippen LogP contribution in [0, 0.1) is 6.92 Å². The van der Waals surface area contributed by atoms with Gasteiger partial charge in [0.1, 0.15) is 5.82 Å². The molecule has 1 aromatic carbocycles. The van der Waals surface area contributed by atoms with Gasteiger partial charge in [-0.05, 0) is 44.5 Å². The number of imidazole rings is 1. The predicted molar refractivity (Wildman–Crippen MR) is 85.0 cm³/mol. The van der Waals surface area contributed by atoms with Crippen molar-refractivity contribution in [3.63, 3.8) is 0 Å². The summed E-state index contributed by atoms with van der Waals surface area (Å²) in [6.45, 7) is 2.84. The van der Waals surface area contributed by atoms with E-state index in [1.807, 2.05) is 25.1 Å². The number of aromatic amines is 1. The maximum absolute atomic E-state index is 12.0. The number of aryl methyl sites for hydroxylation is 1.